The number of hydrogen-bond donors (Lipinski definition) is 0. The van der Waals surface area contributed by atoms with E-state index in [9.17, 15) is 9.59 Å². The van der Waals surface area contributed by atoms with Gasteiger partial charge in [0.05, 0.1) is 20.1 Å². The largest absolute Gasteiger partial charge is 0.497 e. The third-order valence-corrected chi connectivity index (χ3v) is 4.40. The zero-order valence-electron chi connectivity index (χ0n) is 12.1. The lowest BCUT2D eigenvalue weighted by molar-refractivity contribution is -0.148. The number of esters is 1. The Morgan fingerprint density at radius 1 is 1.29 bits per heavy atom. The monoisotopic (exact) mass is 290 g/mol. The highest BCUT2D eigenvalue weighted by Gasteiger charge is 2.62. The van der Waals surface area contributed by atoms with Crippen LogP contribution in [0.3, 0.4) is 0 Å². The van der Waals surface area contributed by atoms with Gasteiger partial charge in [0.25, 0.3) is 0 Å². The van der Waals surface area contributed by atoms with Crippen LogP contribution in [0.25, 0.3) is 0 Å². The molecule has 0 aromatic heterocycles. The van der Waals surface area contributed by atoms with Crippen molar-refractivity contribution in [2.45, 2.75) is 19.4 Å². The average Bonchev–Trinajstić information content (AvgIpc) is 3.13. The third kappa shape index (κ3) is 2.48. The molecule has 0 aliphatic heterocycles. The van der Waals surface area contributed by atoms with Crippen molar-refractivity contribution >= 4 is 11.8 Å². The van der Waals surface area contributed by atoms with Gasteiger partial charge < -0.3 is 14.2 Å². The summed E-state index contributed by atoms with van der Waals surface area (Å²) in [5, 5.41) is 0. The molecule has 2 fully saturated rings. The maximum atomic E-state index is 12.0. The molecular weight excluding hydrogens is 272 g/mol. The molecule has 0 radical (unpaired) electrons. The first-order chi connectivity index (χ1) is 10.2. The lowest BCUT2D eigenvalue weighted by Gasteiger charge is -2.11. The summed E-state index contributed by atoms with van der Waals surface area (Å²) in [7, 11) is 3.14. The van der Waals surface area contributed by atoms with E-state index in [1.54, 1.807) is 26.4 Å². The van der Waals surface area contributed by atoms with Crippen LogP contribution in [0.2, 0.25) is 0 Å². The zero-order chi connectivity index (χ0) is 15.0. The summed E-state index contributed by atoms with van der Waals surface area (Å²) in [5.74, 6) is 1.19. The van der Waals surface area contributed by atoms with Gasteiger partial charge in [0.1, 0.15) is 23.9 Å². The van der Waals surface area contributed by atoms with Gasteiger partial charge in [-0.2, -0.15) is 0 Å². The smallest absolute Gasteiger partial charge is 0.310 e. The van der Waals surface area contributed by atoms with Gasteiger partial charge in [0.2, 0.25) is 0 Å². The van der Waals surface area contributed by atoms with E-state index >= 15 is 0 Å². The summed E-state index contributed by atoms with van der Waals surface area (Å²) in [6.45, 7) is 0.149. The van der Waals surface area contributed by atoms with Crippen molar-refractivity contribution < 1.29 is 23.8 Å². The number of hydrogen-bond acceptors (Lipinski definition) is 5. The Labute approximate surface area is 123 Å². The normalized spacial score (nSPS) is 26.2. The summed E-state index contributed by atoms with van der Waals surface area (Å²) in [6.07, 6.45) is 1.44. The van der Waals surface area contributed by atoms with Gasteiger partial charge in [-0.05, 0) is 24.5 Å². The average molecular weight is 290 g/mol. The van der Waals surface area contributed by atoms with E-state index in [0.717, 1.165) is 12.0 Å². The molecule has 0 N–H and O–H groups in total. The summed E-state index contributed by atoms with van der Waals surface area (Å²) in [6, 6.07) is 5.35. The van der Waals surface area contributed by atoms with Gasteiger partial charge in [-0.1, -0.05) is 0 Å². The fraction of sp³-hybridized carbons (Fsp3) is 0.500. The second-order valence-electron chi connectivity index (χ2n) is 5.51. The molecule has 3 rings (SSSR count). The highest BCUT2D eigenvalue weighted by molar-refractivity contribution is 5.94. The molecule has 5 nitrogen and oxygen atoms in total. The summed E-state index contributed by atoms with van der Waals surface area (Å²) in [4.78, 5) is 23.6. The molecule has 21 heavy (non-hydrogen) atoms. The molecule has 2 aliphatic carbocycles. The van der Waals surface area contributed by atoms with Crippen LogP contribution in [-0.2, 0) is 20.9 Å². The van der Waals surface area contributed by atoms with E-state index < -0.39 is 0 Å². The van der Waals surface area contributed by atoms with E-state index in [0.29, 0.717) is 17.9 Å². The van der Waals surface area contributed by atoms with Gasteiger partial charge in [-0.25, -0.2) is 0 Å². The van der Waals surface area contributed by atoms with Crippen LogP contribution in [0.4, 0.5) is 0 Å². The van der Waals surface area contributed by atoms with Crippen molar-refractivity contribution in [1.82, 2.24) is 0 Å². The Morgan fingerprint density at radius 3 is 2.71 bits per heavy atom. The quantitative estimate of drug-likeness (QED) is 0.776. The molecule has 0 amide bonds. The number of rotatable bonds is 5. The Hall–Kier alpha value is -2.04. The molecule has 5 heteroatoms. The van der Waals surface area contributed by atoms with Crippen molar-refractivity contribution in [1.29, 1.82) is 0 Å². The van der Waals surface area contributed by atoms with Crippen molar-refractivity contribution in [3.8, 4) is 11.5 Å². The highest BCUT2D eigenvalue weighted by atomic mass is 16.5. The first-order valence-electron chi connectivity index (χ1n) is 7.06. The molecule has 1 aromatic rings. The molecule has 3 atom stereocenters. The van der Waals surface area contributed by atoms with E-state index in [1.165, 1.54) is 0 Å². The minimum absolute atomic E-state index is 0.0738. The molecule has 2 saturated carbocycles. The molecule has 112 valence electrons. The highest BCUT2D eigenvalue weighted by Crippen LogP contribution is 2.56. The molecule has 0 heterocycles. The van der Waals surface area contributed by atoms with Crippen molar-refractivity contribution in [3.63, 3.8) is 0 Å². The summed E-state index contributed by atoms with van der Waals surface area (Å²) >= 11 is 0. The van der Waals surface area contributed by atoms with E-state index in [1.807, 2.05) is 6.07 Å². The minimum atomic E-state index is -0.268. The topological polar surface area (TPSA) is 61.8 Å². The maximum Gasteiger partial charge on any atom is 0.310 e. The summed E-state index contributed by atoms with van der Waals surface area (Å²) < 4.78 is 15.7. The van der Waals surface area contributed by atoms with Crippen molar-refractivity contribution in [2.75, 3.05) is 14.2 Å². The molecule has 0 spiro atoms. The maximum absolute atomic E-state index is 12.0. The minimum Gasteiger partial charge on any atom is -0.497 e. The molecular formula is C16H18O5. The van der Waals surface area contributed by atoms with Crippen LogP contribution < -0.4 is 9.47 Å². The van der Waals surface area contributed by atoms with Crippen LogP contribution >= 0.6 is 0 Å². The van der Waals surface area contributed by atoms with E-state index in [4.69, 9.17) is 14.2 Å². The number of ether oxygens (including phenoxy) is 3. The second-order valence-corrected chi connectivity index (χ2v) is 5.51. The van der Waals surface area contributed by atoms with Crippen LogP contribution in [-0.4, -0.2) is 26.0 Å². The van der Waals surface area contributed by atoms with Gasteiger partial charge in [0, 0.05) is 24.0 Å². The standard InChI is InChI=1S/C16H18O5/c1-19-10-4-3-9(13(7-10)20-2)8-21-16(18)15-11-5-6-12(17)14(11)15/h3-4,7,11,14-15H,5-6,8H2,1-2H3. The van der Waals surface area contributed by atoms with E-state index in [2.05, 4.69) is 0 Å². The van der Waals surface area contributed by atoms with Gasteiger partial charge in [-0.15, -0.1) is 0 Å². The number of carbonyl (C=O) groups excluding carboxylic acids is 2. The van der Waals surface area contributed by atoms with Crippen LogP contribution in [0, 0.1) is 17.8 Å². The van der Waals surface area contributed by atoms with Gasteiger partial charge in [0.15, 0.2) is 0 Å². The van der Waals surface area contributed by atoms with Gasteiger partial charge >= 0.3 is 5.97 Å². The van der Waals surface area contributed by atoms with Gasteiger partial charge in [-0.3, -0.25) is 9.59 Å². The fourth-order valence-electron chi connectivity index (χ4n) is 3.19. The number of methoxy groups -OCH3 is 2. The van der Waals surface area contributed by atoms with Crippen LogP contribution in [0.1, 0.15) is 18.4 Å². The van der Waals surface area contributed by atoms with Crippen LogP contribution in [0.15, 0.2) is 18.2 Å². The second kappa shape index (κ2) is 5.39. The van der Waals surface area contributed by atoms with E-state index in [-0.39, 0.29) is 36.1 Å². The first kappa shape index (κ1) is 13.9. The van der Waals surface area contributed by atoms with Crippen molar-refractivity contribution in [3.05, 3.63) is 23.8 Å². The SMILES string of the molecule is COc1ccc(COC(=O)C2C3CCC(=O)C32)c(OC)c1. The Kier molecular flexibility index (Phi) is 3.57. The molecule has 2 aliphatic rings. The van der Waals surface area contributed by atoms with Crippen molar-refractivity contribution in [2.24, 2.45) is 17.8 Å². The Morgan fingerprint density at radius 2 is 2.10 bits per heavy atom. The lowest BCUT2D eigenvalue weighted by Crippen LogP contribution is -2.13. The number of benzene rings is 1. The van der Waals surface area contributed by atoms with Crippen LogP contribution in [0.5, 0.6) is 11.5 Å². The zero-order valence-corrected chi connectivity index (χ0v) is 12.1. The molecule has 0 bridgehead atoms. The predicted molar refractivity (Wildman–Crippen MR) is 74.1 cm³/mol. The molecule has 3 unspecified atom stereocenters. The summed E-state index contributed by atoms with van der Waals surface area (Å²) in [5.41, 5.74) is 0.781. The number of ketones is 1. The number of carbonyl (C=O) groups is 2. The Balaban J connectivity index is 1.60. The predicted octanol–water partition coefficient (Wildman–Crippen LogP) is 1.97. The third-order valence-electron chi connectivity index (χ3n) is 4.40. The number of fused-ring (bicyclic) bond motifs is 1. The number of Topliss-reactive ketones (excluding diaryl/α,β-unsaturated/α-hetero) is 1. The Bertz CT molecular complexity index is 580. The lowest BCUT2D eigenvalue weighted by atomic mass is 10.1. The molecule has 1 aromatic carbocycles. The fourth-order valence-corrected chi connectivity index (χ4v) is 3.19. The first-order valence-corrected chi connectivity index (χ1v) is 7.06. The molecule has 0 saturated heterocycles.